The summed E-state index contributed by atoms with van der Waals surface area (Å²) < 4.78 is 35.2. The molecule has 5 unspecified atom stereocenters. The number of alkyl carbamates (subject to hydrolysis) is 1. The fraction of sp³-hybridized carbons (Fsp3) is 0.617. The van der Waals surface area contributed by atoms with Crippen molar-refractivity contribution in [1.82, 2.24) is 30.4 Å². The Hall–Kier alpha value is -5.13. The number of amides is 3. The van der Waals surface area contributed by atoms with Crippen molar-refractivity contribution in [2.45, 2.75) is 103 Å². The highest BCUT2D eigenvalue weighted by Crippen LogP contribution is 2.57. The highest BCUT2D eigenvalue weighted by molar-refractivity contribution is 6.36. The number of rotatable bonds is 16. The van der Waals surface area contributed by atoms with Gasteiger partial charge in [-0.05, 0) is 68.4 Å². The number of ether oxygens (including phenoxy) is 5. The molecular formula is C47H62ClN7O10. The SMILES string of the molecule is C=C[C@@H]1CC1(NC(=O)[C@@H]1CC(Oc2cc(-c3coc(NC(C)C)n3)nc3c(Cl)c(OCCN4CCOCC4)ccc23)CN1C(=O)[C@@H](NC(=O)OC1CC2C(C)[C@H]2C1)C(C)(C)C)C(=O)OC. The van der Waals surface area contributed by atoms with E-state index in [4.69, 9.17) is 44.7 Å². The van der Waals surface area contributed by atoms with Crippen LogP contribution in [0.5, 0.6) is 11.5 Å². The number of nitrogens with one attached hydrogen (secondary N) is 3. The zero-order valence-corrected chi connectivity index (χ0v) is 39.1. The van der Waals surface area contributed by atoms with Crippen molar-refractivity contribution in [2.24, 2.45) is 29.1 Å². The molecule has 3 aliphatic carbocycles. The maximum Gasteiger partial charge on any atom is 0.408 e. The summed E-state index contributed by atoms with van der Waals surface area (Å²) in [5, 5.41) is 9.76. The van der Waals surface area contributed by atoms with Crippen molar-refractivity contribution in [3.8, 4) is 22.9 Å². The summed E-state index contributed by atoms with van der Waals surface area (Å²) in [6.07, 6.45) is 3.40. The third-order valence-electron chi connectivity index (χ3n) is 13.6. The number of carbonyl (C=O) groups excluding carboxylic acids is 4. The number of halogens is 1. The van der Waals surface area contributed by atoms with Crippen LogP contribution in [0.4, 0.5) is 10.8 Å². The van der Waals surface area contributed by atoms with Crippen molar-refractivity contribution in [3.05, 3.63) is 42.1 Å². The minimum Gasteiger partial charge on any atom is -0.491 e. The van der Waals surface area contributed by atoms with Crippen LogP contribution in [0.2, 0.25) is 5.02 Å². The molecule has 4 heterocycles. The largest absolute Gasteiger partial charge is 0.491 e. The van der Waals surface area contributed by atoms with Crippen LogP contribution in [0.15, 0.2) is 41.5 Å². The Morgan fingerprint density at radius 1 is 1.05 bits per heavy atom. The second-order valence-electron chi connectivity index (χ2n) is 19.5. The molecule has 0 spiro atoms. The van der Waals surface area contributed by atoms with Crippen LogP contribution in [0, 0.1) is 29.1 Å². The topological polar surface area (TPSA) is 196 Å². The smallest absolute Gasteiger partial charge is 0.408 e. The molecule has 8 rings (SSSR count). The van der Waals surface area contributed by atoms with E-state index in [9.17, 15) is 19.2 Å². The van der Waals surface area contributed by atoms with Gasteiger partial charge in [0, 0.05) is 49.5 Å². The number of morpholine rings is 1. The van der Waals surface area contributed by atoms with Crippen LogP contribution < -0.4 is 25.4 Å². The van der Waals surface area contributed by atoms with E-state index in [1.807, 2.05) is 40.7 Å². The number of nitrogens with zero attached hydrogens (tertiary/aromatic N) is 4. The molecule has 2 aromatic heterocycles. The summed E-state index contributed by atoms with van der Waals surface area (Å²) in [4.78, 5) is 69.2. The number of anilines is 1. The van der Waals surface area contributed by atoms with Gasteiger partial charge in [0.05, 0.1) is 38.1 Å². The number of hydrogen-bond donors (Lipinski definition) is 3. The number of benzene rings is 1. The molecule has 2 aliphatic heterocycles. The molecule has 0 bridgehead atoms. The summed E-state index contributed by atoms with van der Waals surface area (Å²) >= 11 is 7.10. The van der Waals surface area contributed by atoms with Gasteiger partial charge in [-0.3, -0.25) is 14.5 Å². The molecule has 3 N–H and O–H groups in total. The number of likely N-dealkylation sites (tertiary alicyclic amines) is 1. The first-order chi connectivity index (χ1) is 31.0. The molecule has 1 aromatic carbocycles. The lowest BCUT2D eigenvalue weighted by Gasteiger charge is -2.35. The number of methoxy groups -OCH3 is 1. The van der Waals surface area contributed by atoms with Crippen molar-refractivity contribution in [2.75, 3.05) is 58.4 Å². The second-order valence-corrected chi connectivity index (χ2v) is 19.9. The molecule has 2 saturated heterocycles. The summed E-state index contributed by atoms with van der Waals surface area (Å²) in [5.41, 5.74) is -0.912. The lowest BCUT2D eigenvalue weighted by molar-refractivity contribution is -0.148. The summed E-state index contributed by atoms with van der Waals surface area (Å²) in [6, 6.07) is 3.49. The second kappa shape index (κ2) is 18.6. The van der Waals surface area contributed by atoms with Crippen molar-refractivity contribution in [1.29, 1.82) is 0 Å². The molecule has 352 valence electrons. The van der Waals surface area contributed by atoms with E-state index in [0.29, 0.717) is 90.3 Å². The number of carbonyl (C=O) groups is 4. The molecule has 17 nitrogen and oxygen atoms in total. The first-order valence-corrected chi connectivity index (χ1v) is 23.1. The van der Waals surface area contributed by atoms with E-state index in [-0.39, 0.29) is 36.1 Å². The Morgan fingerprint density at radius 2 is 1.78 bits per heavy atom. The Labute approximate surface area is 384 Å². The molecule has 18 heteroatoms. The number of fused-ring (bicyclic) bond motifs is 2. The van der Waals surface area contributed by atoms with Gasteiger partial charge in [-0.15, -0.1) is 6.58 Å². The molecule has 5 fully saturated rings. The van der Waals surface area contributed by atoms with Crippen LogP contribution in [-0.4, -0.2) is 133 Å². The lowest BCUT2D eigenvalue weighted by atomic mass is 9.85. The molecule has 3 saturated carbocycles. The third kappa shape index (κ3) is 9.87. The van der Waals surface area contributed by atoms with Crippen molar-refractivity contribution in [3.63, 3.8) is 0 Å². The standard InChI is InChI=1S/C47H62ClN7O10/c1-9-27-22-47(27,43(58)60-8)53-41(56)35-20-29(23-55(35)42(57)40(46(5,6)7)52-45(59)65-28-18-31-26(4)32(31)19-28)64-37-21-33(34-24-63-44(51-34)49-25(2)3)50-39-30(37)10-11-36(38(39)48)62-17-14-54-12-15-61-16-13-54/h9-11,21,24-29,31-32,35,40H,1,12-20,22-23H2,2-8H3,(H,49,51)(H,52,59)(H,53,56)/t26?,27-,28?,29?,31-,32?,35+,40-,47?/m1/s1. The zero-order valence-electron chi connectivity index (χ0n) is 38.3. The number of hydrogen-bond acceptors (Lipinski definition) is 14. The van der Waals surface area contributed by atoms with Gasteiger partial charge >= 0.3 is 12.1 Å². The molecule has 65 heavy (non-hydrogen) atoms. The van der Waals surface area contributed by atoms with Crippen molar-refractivity contribution < 1.29 is 47.3 Å². The molecule has 9 atom stereocenters. The Bertz CT molecular complexity index is 2280. The average molecular weight is 921 g/mol. The van der Waals surface area contributed by atoms with Crippen LogP contribution in [0.25, 0.3) is 22.3 Å². The summed E-state index contributed by atoms with van der Waals surface area (Å²) in [7, 11) is 1.26. The highest BCUT2D eigenvalue weighted by atomic mass is 35.5. The van der Waals surface area contributed by atoms with E-state index in [1.54, 1.807) is 18.2 Å². The maximum absolute atomic E-state index is 14.9. The predicted octanol–water partition coefficient (Wildman–Crippen LogP) is 5.84. The Morgan fingerprint density at radius 3 is 2.45 bits per heavy atom. The van der Waals surface area contributed by atoms with Gasteiger partial charge in [0.1, 0.15) is 64.9 Å². The number of pyridine rings is 1. The molecular weight excluding hydrogens is 858 g/mol. The van der Waals surface area contributed by atoms with Crippen LogP contribution in [-0.2, 0) is 28.6 Å². The van der Waals surface area contributed by atoms with Gasteiger partial charge in [-0.25, -0.2) is 14.6 Å². The average Bonchev–Trinajstić information content (AvgIpc) is 3.75. The summed E-state index contributed by atoms with van der Waals surface area (Å²) in [6.45, 7) is 19.6. The minimum absolute atomic E-state index is 0.0394. The number of esters is 1. The molecule has 3 amide bonds. The van der Waals surface area contributed by atoms with Gasteiger partial charge in [0.2, 0.25) is 11.8 Å². The van der Waals surface area contributed by atoms with E-state index >= 15 is 0 Å². The maximum atomic E-state index is 14.9. The van der Waals surface area contributed by atoms with E-state index in [1.165, 1.54) is 18.3 Å². The minimum atomic E-state index is -1.32. The quantitative estimate of drug-likeness (QED) is 0.115. The fourth-order valence-electron chi connectivity index (χ4n) is 9.74. The zero-order chi connectivity index (χ0) is 46.4. The monoisotopic (exact) mass is 919 g/mol. The van der Waals surface area contributed by atoms with E-state index < -0.39 is 53.0 Å². The van der Waals surface area contributed by atoms with Gasteiger partial charge in [-0.2, -0.15) is 4.98 Å². The van der Waals surface area contributed by atoms with Crippen molar-refractivity contribution >= 4 is 52.4 Å². The van der Waals surface area contributed by atoms with Crippen LogP contribution in [0.1, 0.15) is 67.2 Å². The van der Waals surface area contributed by atoms with E-state index in [0.717, 1.165) is 25.9 Å². The van der Waals surface area contributed by atoms with Gasteiger partial charge in [0.25, 0.3) is 6.01 Å². The highest BCUT2D eigenvalue weighted by Gasteiger charge is 2.62. The summed E-state index contributed by atoms with van der Waals surface area (Å²) in [5.74, 6) is 0.555. The number of oxazole rings is 1. The Balaban J connectivity index is 1.09. The molecule has 5 aliphatic rings. The predicted molar refractivity (Wildman–Crippen MR) is 242 cm³/mol. The van der Waals surface area contributed by atoms with Gasteiger partial charge < -0.3 is 49.0 Å². The van der Waals surface area contributed by atoms with Crippen LogP contribution in [0.3, 0.4) is 0 Å². The van der Waals surface area contributed by atoms with Crippen LogP contribution >= 0.6 is 11.6 Å². The van der Waals surface area contributed by atoms with Gasteiger partial charge in [0.15, 0.2) is 0 Å². The lowest BCUT2D eigenvalue weighted by Crippen LogP contribution is -2.59. The molecule has 0 radical (unpaired) electrons. The molecule has 3 aromatic rings. The van der Waals surface area contributed by atoms with Gasteiger partial charge in [-0.1, -0.05) is 45.4 Å². The fourth-order valence-corrected chi connectivity index (χ4v) is 10.00. The van der Waals surface area contributed by atoms with E-state index in [2.05, 4.69) is 39.3 Å². The first-order valence-electron chi connectivity index (χ1n) is 22.8. The Kier molecular flexibility index (Phi) is 13.3. The third-order valence-corrected chi connectivity index (χ3v) is 14.0. The number of aromatic nitrogens is 2. The first kappa shape index (κ1) is 46.4. The normalized spacial score (nSPS) is 27.7.